The van der Waals surface area contributed by atoms with Gasteiger partial charge in [-0.2, -0.15) is 0 Å². The van der Waals surface area contributed by atoms with E-state index in [2.05, 4.69) is 0 Å². The summed E-state index contributed by atoms with van der Waals surface area (Å²) < 4.78 is 7.10. The third-order valence-electron chi connectivity index (χ3n) is 5.86. The van der Waals surface area contributed by atoms with Crippen molar-refractivity contribution in [3.8, 4) is 5.75 Å². The van der Waals surface area contributed by atoms with Crippen molar-refractivity contribution < 1.29 is 19.4 Å². The van der Waals surface area contributed by atoms with Gasteiger partial charge in [-0.15, -0.1) is 0 Å². The number of amides is 2. The number of ether oxygens (including phenoxy) is 1. The molecule has 35 heavy (non-hydrogen) atoms. The summed E-state index contributed by atoms with van der Waals surface area (Å²) >= 11 is 13.3. The van der Waals surface area contributed by atoms with E-state index in [1.54, 1.807) is 37.5 Å². The van der Waals surface area contributed by atoms with Gasteiger partial charge in [-0.25, -0.2) is 0 Å². The quantitative estimate of drug-likeness (QED) is 0.302. The van der Waals surface area contributed by atoms with Crippen molar-refractivity contribution in [2.24, 2.45) is 0 Å². The Morgan fingerprint density at radius 3 is 2.11 bits per heavy atom. The summed E-state index contributed by atoms with van der Waals surface area (Å²) in [7, 11) is 1.58. The number of carbonyl (C=O) groups is 2. The molecule has 1 atom stereocenters. The summed E-state index contributed by atoms with van der Waals surface area (Å²) in [5, 5.41) is 13.5. The van der Waals surface area contributed by atoms with Gasteiger partial charge < -0.3 is 14.4 Å². The van der Waals surface area contributed by atoms with E-state index in [9.17, 15) is 14.7 Å². The van der Waals surface area contributed by atoms with Crippen molar-refractivity contribution >= 4 is 74.0 Å². The van der Waals surface area contributed by atoms with E-state index >= 15 is 0 Å². The molecule has 0 unspecified atom stereocenters. The lowest BCUT2D eigenvalue weighted by Crippen LogP contribution is -2.37. The molecule has 3 aromatic carbocycles. The number of nitrogens with zero attached hydrogens (tertiary/aromatic N) is 2. The number of rotatable bonds is 6. The maximum atomic E-state index is 12.9. The number of aliphatic hydroxyl groups is 1. The molecular weight excluding hydrogens is 507 g/mol. The zero-order valence-corrected chi connectivity index (χ0v) is 20.9. The van der Waals surface area contributed by atoms with E-state index in [0.29, 0.717) is 20.7 Å². The topological polar surface area (TPSA) is 71.8 Å². The Hall–Kier alpha value is -2.97. The second-order valence-corrected chi connectivity index (χ2v) is 10.0. The highest BCUT2D eigenvalue weighted by atomic mass is 35.5. The zero-order chi connectivity index (χ0) is 24.7. The van der Waals surface area contributed by atoms with Gasteiger partial charge in [-0.1, -0.05) is 35.3 Å². The van der Waals surface area contributed by atoms with E-state index in [1.165, 1.54) is 0 Å². The molecule has 1 aromatic heterocycles. The Labute approximate surface area is 215 Å². The van der Waals surface area contributed by atoms with Crippen LogP contribution in [-0.2, 0) is 11.3 Å². The van der Waals surface area contributed by atoms with Gasteiger partial charge in [0.25, 0.3) is 11.1 Å². The third kappa shape index (κ3) is 4.65. The molecule has 0 bridgehead atoms. The number of β-amino-alcohol motifs (C(OH)–C–C–N with tert-alkyl or cyclic N) is 1. The number of aliphatic hydroxyl groups excluding tert-OH is 1. The summed E-state index contributed by atoms with van der Waals surface area (Å²) in [6.07, 6.45) is 0.686. The van der Waals surface area contributed by atoms with Crippen molar-refractivity contribution in [3.63, 3.8) is 0 Å². The molecule has 1 fully saturated rings. The summed E-state index contributed by atoms with van der Waals surface area (Å²) in [6, 6.07) is 18.2. The van der Waals surface area contributed by atoms with Crippen LogP contribution in [0.5, 0.6) is 5.75 Å². The van der Waals surface area contributed by atoms with Crippen LogP contribution in [0.1, 0.15) is 5.56 Å². The van der Waals surface area contributed by atoms with Gasteiger partial charge in [-0.3, -0.25) is 14.5 Å². The van der Waals surface area contributed by atoms with E-state index in [4.69, 9.17) is 27.9 Å². The molecule has 0 radical (unpaired) electrons. The molecule has 0 spiro atoms. The normalized spacial score (nSPS) is 16.1. The first-order valence-electron chi connectivity index (χ1n) is 10.8. The maximum Gasteiger partial charge on any atom is 0.293 e. The number of halogens is 2. The standard InChI is InChI=1S/C26H20Cl2N2O4S/c1-34-19-6-2-15(3-7-19)10-24-25(32)30(26(33)35-24)14-18(31)13-29-22-8-4-16(27)11-20(22)21-12-17(28)5-9-23(21)29/h2-12,18,31H,13-14H2,1H3/b24-10-/t18-/m1/s1. The Morgan fingerprint density at radius 1 is 0.943 bits per heavy atom. The number of hydrogen-bond donors (Lipinski definition) is 1. The van der Waals surface area contributed by atoms with Crippen LogP contribution < -0.4 is 4.74 Å². The highest BCUT2D eigenvalue weighted by Crippen LogP contribution is 2.35. The van der Waals surface area contributed by atoms with Gasteiger partial charge >= 0.3 is 0 Å². The predicted molar refractivity (Wildman–Crippen MR) is 141 cm³/mol. The van der Waals surface area contributed by atoms with E-state index in [0.717, 1.165) is 44.0 Å². The molecule has 2 amide bonds. The number of aromatic nitrogens is 1. The van der Waals surface area contributed by atoms with Crippen LogP contribution >= 0.6 is 35.0 Å². The van der Waals surface area contributed by atoms with Crippen LogP contribution in [0.4, 0.5) is 4.79 Å². The highest BCUT2D eigenvalue weighted by Gasteiger charge is 2.36. The van der Waals surface area contributed by atoms with Gasteiger partial charge in [0.05, 0.1) is 31.2 Å². The van der Waals surface area contributed by atoms with Crippen molar-refractivity contribution in [2.45, 2.75) is 12.6 Å². The van der Waals surface area contributed by atoms with E-state index < -0.39 is 17.3 Å². The minimum atomic E-state index is -0.978. The first kappa shape index (κ1) is 23.8. The van der Waals surface area contributed by atoms with E-state index in [1.807, 2.05) is 41.0 Å². The molecular formula is C26H20Cl2N2O4S. The van der Waals surface area contributed by atoms with Gasteiger partial charge in [0.2, 0.25) is 0 Å². The summed E-state index contributed by atoms with van der Waals surface area (Å²) in [4.78, 5) is 26.9. The van der Waals surface area contributed by atoms with Gasteiger partial charge in [0.1, 0.15) is 5.75 Å². The SMILES string of the molecule is COc1ccc(/C=C2\SC(=O)N(C[C@H](O)Cn3c4ccc(Cl)cc4c4cc(Cl)ccc43)C2=O)cc1. The first-order valence-corrected chi connectivity index (χ1v) is 12.4. The molecule has 1 saturated heterocycles. The Balaban J connectivity index is 1.38. The van der Waals surface area contributed by atoms with Crippen molar-refractivity contribution in [1.29, 1.82) is 0 Å². The van der Waals surface area contributed by atoms with E-state index in [-0.39, 0.29) is 13.1 Å². The number of thioether (sulfide) groups is 1. The Kier molecular flexibility index (Phi) is 6.51. The monoisotopic (exact) mass is 526 g/mol. The second-order valence-electron chi connectivity index (χ2n) is 8.15. The number of hydrogen-bond acceptors (Lipinski definition) is 5. The van der Waals surface area contributed by atoms with Gasteiger partial charge in [0.15, 0.2) is 0 Å². The number of carbonyl (C=O) groups excluding carboxylic acids is 2. The molecule has 4 aromatic rings. The summed E-state index contributed by atoms with van der Waals surface area (Å²) in [5.74, 6) is 0.281. The zero-order valence-electron chi connectivity index (χ0n) is 18.6. The molecule has 178 valence electrons. The molecule has 6 nitrogen and oxygen atoms in total. The molecule has 9 heteroatoms. The average molecular weight is 527 g/mol. The number of methoxy groups -OCH3 is 1. The summed E-state index contributed by atoms with van der Waals surface area (Å²) in [5.41, 5.74) is 2.53. The minimum Gasteiger partial charge on any atom is -0.497 e. The molecule has 0 saturated carbocycles. The van der Waals surface area contributed by atoms with Crippen LogP contribution in [-0.4, -0.2) is 45.5 Å². The second kappa shape index (κ2) is 9.59. The lowest BCUT2D eigenvalue weighted by Gasteiger charge is -2.19. The highest BCUT2D eigenvalue weighted by molar-refractivity contribution is 8.18. The molecule has 1 N–H and O–H groups in total. The number of fused-ring (bicyclic) bond motifs is 3. The fourth-order valence-corrected chi connectivity index (χ4v) is 5.43. The Morgan fingerprint density at radius 2 is 1.54 bits per heavy atom. The fourth-order valence-electron chi connectivity index (χ4n) is 4.23. The lowest BCUT2D eigenvalue weighted by atomic mass is 10.1. The molecule has 0 aliphatic carbocycles. The lowest BCUT2D eigenvalue weighted by molar-refractivity contribution is -0.123. The molecule has 5 rings (SSSR count). The molecule has 2 heterocycles. The van der Waals surface area contributed by atoms with Crippen molar-refractivity contribution in [2.75, 3.05) is 13.7 Å². The van der Waals surface area contributed by atoms with Gasteiger partial charge in [-0.05, 0) is 71.9 Å². The van der Waals surface area contributed by atoms with Crippen LogP contribution in [0.3, 0.4) is 0 Å². The maximum absolute atomic E-state index is 12.9. The molecule has 1 aliphatic rings. The summed E-state index contributed by atoms with van der Waals surface area (Å²) in [6.45, 7) is 0.0650. The first-order chi connectivity index (χ1) is 16.8. The van der Waals surface area contributed by atoms with Crippen LogP contribution in [0.15, 0.2) is 65.6 Å². The third-order valence-corrected chi connectivity index (χ3v) is 7.24. The number of imide groups is 1. The average Bonchev–Trinajstić information content (AvgIpc) is 3.27. The van der Waals surface area contributed by atoms with Gasteiger partial charge in [0, 0.05) is 31.9 Å². The largest absolute Gasteiger partial charge is 0.497 e. The van der Waals surface area contributed by atoms with Crippen LogP contribution in [0, 0.1) is 0 Å². The minimum absolute atomic E-state index is 0.118. The van der Waals surface area contributed by atoms with Crippen LogP contribution in [0.25, 0.3) is 27.9 Å². The molecule has 1 aliphatic heterocycles. The number of benzene rings is 3. The van der Waals surface area contributed by atoms with Crippen molar-refractivity contribution in [1.82, 2.24) is 9.47 Å². The van der Waals surface area contributed by atoms with Crippen molar-refractivity contribution in [3.05, 3.63) is 81.2 Å². The smallest absolute Gasteiger partial charge is 0.293 e. The fraction of sp³-hybridized carbons (Fsp3) is 0.154. The Bertz CT molecular complexity index is 1440. The predicted octanol–water partition coefficient (Wildman–Crippen LogP) is 6.21. The van der Waals surface area contributed by atoms with Crippen LogP contribution in [0.2, 0.25) is 10.0 Å².